The fourth-order valence-corrected chi connectivity index (χ4v) is 16.7. The molecule has 0 saturated carbocycles. The third-order valence-corrected chi connectivity index (χ3v) is 20.6. The van der Waals surface area contributed by atoms with E-state index >= 15 is 8.42 Å². The van der Waals surface area contributed by atoms with E-state index in [-0.39, 0.29) is 55.3 Å². The molecule has 7 aliphatic heterocycles. The van der Waals surface area contributed by atoms with Crippen LogP contribution in [-0.2, 0) is 61.1 Å². The van der Waals surface area contributed by atoms with E-state index in [9.17, 15) is 19.5 Å². The van der Waals surface area contributed by atoms with E-state index in [4.69, 9.17) is 23.7 Å². The van der Waals surface area contributed by atoms with Crippen molar-refractivity contribution >= 4 is 27.3 Å². The minimum Gasteiger partial charge on any atom is -0.497 e. The standard InChI is InChI=1S/C68H68N6O11S/c1-81-49-28-24-47(25-29-49)68(46-17-4-3-5-18-46,48-26-30-50(82-2)31-27-48)83-42-57-56(75)40-60(84-57)73-41-45(65(77)70-66(73)78)14-6-9-23-59(76)69-32-37-74-67(53-21-7-8-22-58(53)86(74,79)80)54-38-43-15-10-33-71-35-12-19-51(61(43)71)63(54)85-64-52-20-13-36-72-34-11-16-44(62(52)72)39-55(64)67/h3-5,7-8,17-18,21-22,24-31,38-39,41,56-57,60,75H,9-13,15-16,19-20,23,32-37,40,42H2,1-2H3,(H,69,76)(H,70,77,78)/t56?,57-,60-/m1/s1. The maximum Gasteiger partial charge on any atom is 0.330 e. The quantitative estimate of drug-likeness (QED) is 0.0702. The Bertz CT molecular complexity index is 3990. The fourth-order valence-electron chi connectivity index (χ4n) is 14.8. The molecule has 3 N–H and O–H groups in total. The number of amides is 1. The molecule has 1 spiro atoms. The monoisotopic (exact) mass is 1180 g/mol. The lowest BCUT2D eigenvalue weighted by molar-refractivity contribution is -0.121. The van der Waals surface area contributed by atoms with E-state index in [0.717, 1.165) is 128 Å². The smallest absolute Gasteiger partial charge is 0.330 e. The van der Waals surface area contributed by atoms with Crippen LogP contribution in [0.3, 0.4) is 0 Å². The average molecular weight is 1180 g/mol. The first kappa shape index (κ1) is 55.7. The number of anilines is 2. The Morgan fingerprint density at radius 2 is 1.33 bits per heavy atom. The van der Waals surface area contributed by atoms with Crippen LogP contribution >= 0.6 is 0 Å². The highest BCUT2D eigenvalue weighted by Gasteiger charge is 2.61. The summed E-state index contributed by atoms with van der Waals surface area (Å²) in [4.78, 5) is 48.1. The molecule has 0 bridgehead atoms. The van der Waals surface area contributed by atoms with Crippen LogP contribution in [0.4, 0.5) is 11.4 Å². The molecule has 1 fully saturated rings. The average Bonchev–Trinajstić information content (AvgIpc) is 1.41. The SMILES string of the molecule is COc1ccc(C(OC[C@H]2O[C@@H](n3cc(C#CCCC(=O)NCCN4C5(c6ccccc6S4(=O)=O)c4cc6c7c(c4Oc4c5cc5c8c4CCCN8CCC5)CCCN7CCC6)c(=O)[nH]c3=O)CC2O)(c2ccccc2)c2ccc(OC)cc2)cc1. The van der Waals surface area contributed by atoms with Crippen molar-refractivity contribution in [2.75, 3.05) is 69.9 Å². The number of aromatic amines is 1. The van der Waals surface area contributed by atoms with E-state index in [0.29, 0.717) is 17.1 Å². The topological polar surface area (TPSA) is 194 Å². The number of fused-ring (bicyclic) bond motifs is 8. The summed E-state index contributed by atoms with van der Waals surface area (Å²) in [6.45, 7) is 3.82. The van der Waals surface area contributed by atoms with E-state index < -0.39 is 50.8 Å². The van der Waals surface area contributed by atoms with Crippen LogP contribution < -0.4 is 40.6 Å². The number of hydrogen-bond acceptors (Lipinski definition) is 13. The van der Waals surface area contributed by atoms with Crippen molar-refractivity contribution in [3.8, 4) is 34.8 Å². The third kappa shape index (κ3) is 9.11. The number of aliphatic hydroxyl groups excluding tert-OH is 1. The molecule has 1 aromatic heterocycles. The number of aromatic nitrogens is 2. The Labute approximate surface area is 499 Å². The van der Waals surface area contributed by atoms with Crippen LogP contribution in [0.15, 0.2) is 136 Å². The zero-order chi connectivity index (χ0) is 58.9. The van der Waals surface area contributed by atoms with Gasteiger partial charge in [-0.1, -0.05) is 84.6 Å². The van der Waals surface area contributed by atoms with Crippen LogP contribution in [0.25, 0.3) is 0 Å². The van der Waals surface area contributed by atoms with Gasteiger partial charge in [-0.3, -0.25) is 19.1 Å². The van der Waals surface area contributed by atoms with E-state index in [1.165, 1.54) is 33.3 Å². The zero-order valence-electron chi connectivity index (χ0n) is 48.2. The van der Waals surface area contributed by atoms with E-state index in [2.05, 4.69) is 44.1 Å². The van der Waals surface area contributed by atoms with Crippen LogP contribution in [0, 0.1) is 11.8 Å². The maximum atomic E-state index is 15.4. The van der Waals surface area contributed by atoms with Gasteiger partial charge in [-0.15, -0.1) is 0 Å². The second-order valence-electron chi connectivity index (χ2n) is 23.4. The first-order valence-corrected chi connectivity index (χ1v) is 31.5. The molecule has 14 rings (SSSR count). The third-order valence-electron chi connectivity index (χ3n) is 18.6. The van der Waals surface area contributed by atoms with Crippen molar-refractivity contribution in [3.05, 3.63) is 203 Å². The molecule has 1 unspecified atom stereocenters. The number of carbonyl (C=O) groups excluding carboxylic acids is 1. The van der Waals surface area contributed by atoms with E-state index in [1.54, 1.807) is 30.7 Å². The number of carbonyl (C=O) groups is 1. The van der Waals surface area contributed by atoms with Crippen molar-refractivity contribution in [1.29, 1.82) is 0 Å². The number of aryl methyl sites for hydroxylation is 2. The molecule has 0 radical (unpaired) electrons. The molecular weight excluding hydrogens is 1110 g/mol. The van der Waals surface area contributed by atoms with Gasteiger partial charge in [0.2, 0.25) is 15.9 Å². The van der Waals surface area contributed by atoms with Gasteiger partial charge in [-0.2, -0.15) is 4.31 Å². The summed E-state index contributed by atoms with van der Waals surface area (Å²) in [6.07, 6.45) is 5.81. The number of hydrogen-bond donors (Lipinski definition) is 3. The van der Waals surface area contributed by atoms with Gasteiger partial charge in [0.1, 0.15) is 52.0 Å². The van der Waals surface area contributed by atoms with Crippen molar-refractivity contribution in [3.63, 3.8) is 0 Å². The van der Waals surface area contributed by atoms with Crippen molar-refractivity contribution in [2.45, 2.75) is 105 Å². The number of sulfonamides is 1. The Morgan fingerprint density at radius 3 is 1.93 bits per heavy atom. The highest BCUT2D eigenvalue weighted by atomic mass is 32.2. The highest BCUT2D eigenvalue weighted by molar-refractivity contribution is 7.89. The summed E-state index contributed by atoms with van der Waals surface area (Å²) in [5.41, 5.74) is 8.07. The van der Waals surface area contributed by atoms with Gasteiger partial charge < -0.3 is 43.9 Å². The molecule has 18 heteroatoms. The Morgan fingerprint density at radius 1 is 0.756 bits per heavy atom. The van der Waals surface area contributed by atoms with Crippen molar-refractivity contribution in [1.82, 2.24) is 19.2 Å². The predicted molar refractivity (Wildman–Crippen MR) is 324 cm³/mol. The minimum absolute atomic E-state index is 0.0126. The summed E-state index contributed by atoms with van der Waals surface area (Å²) in [7, 11) is -0.937. The number of nitrogens with one attached hydrogen (secondary N) is 2. The van der Waals surface area contributed by atoms with Gasteiger partial charge >= 0.3 is 5.69 Å². The van der Waals surface area contributed by atoms with Crippen LogP contribution in [0.5, 0.6) is 23.0 Å². The van der Waals surface area contributed by atoms with Crippen LogP contribution in [-0.4, -0.2) is 106 Å². The summed E-state index contributed by atoms with van der Waals surface area (Å²) >= 11 is 0. The number of aliphatic hydroxyl groups is 1. The lowest BCUT2D eigenvalue weighted by Gasteiger charge is -2.48. The van der Waals surface area contributed by atoms with Crippen molar-refractivity contribution in [2.24, 2.45) is 0 Å². The Balaban J connectivity index is 0.701. The molecule has 1 saturated heterocycles. The van der Waals surface area contributed by atoms with Gasteiger partial charge in [-0.05, 0) is 122 Å². The number of H-pyrrole nitrogens is 1. The van der Waals surface area contributed by atoms with Gasteiger partial charge in [0.25, 0.3) is 5.56 Å². The summed E-state index contributed by atoms with van der Waals surface area (Å²) < 4.78 is 65.4. The summed E-state index contributed by atoms with van der Waals surface area (Å²) in [5.74, 6) is 8.31. The molecule has 0 aliphatic carbocycles. The Hall–Kier alpha value is -8.18. The second-order valence-corrected chi connectivity index (χ2v) is 25.2. The number of nitrogens with zero attached hydrogens (tertiary/aromatic N) is 4. The normalized spacial score (nSPS) is 20.1. The van der Waals surface area contributed by atoms with E-state index in [1.807, 2.05) is 91.0 Å². The molecule has 6 aromatic carbocycles. The lowest BCUT2D eigenvalue weighted by atomic mass is 9.70. The Kier molecular flexibility index (Phi) is 14.4. The molecule has 442 valence electrons. The number of rotatable bonds is 14. The lowest BCUT2D eigenvalue weighted by Crippen LogP contribution is -2.50. The van der Waals surface area contributed by atoms with Gasteiger partial charge in [0.05, 0.1) is 31.8 Å². The van der Waals surface area contributed by atoms with Gasteiger partial charge in [0.15, 0.2) is 0 Å². The predicted octanol–water partition coefficient (Wildman–Crippen LogP) is 7.96. The number of benzene rings is 6. The maximum absolute atomic E-state index is 15.4. The second kappa shape index (κ2) is 22.3. The molecule has 8 heterocycles. The van der Waals surface area contributed by atoms with Crippen LogP contribution in [0.2, 0.25) is 0 Å². The molecule has 7 aliphatic rings. The largest absolute Gasteiger partial charge is 0.497 e. The highest BCUT2D eigenvalue weighted by Crippen LogP contribution is 2.64. The van der Waals surface area contributed by atoms with Gasteiger partial charge in [-0.25, -0.2) is 13.2 Å². The summed E-state index contributed by atoms with van der Waals surface area (Å²) in [5, 5.41) is 14.6. The molecule has 7 aromatic rings. The number of methoxy groups -OCH3 is 2. The summed E-state index contributed by atoms with van der Waals surface area (Å²) in [6, 6.07) is 36.8. The first-order chi connectivity index (χ1) is 41.9. The molecule has 3 atom stereocenters. The van der Waals surface area contributed by atoms with Crippen LogP contribution in [0.1, 0.15) is 112 Å². The minimum atomic E-state index is -4.14. The molecule has 86 heavy (non-hydrogen) atoms. The zero-order valence-corrected chi connectivity index (χ0v) is 49.1. The first-order valence-electron chi connectivity index (χ1n) is 30.0. The molecular formula is C68H68N6O11S. The van der Waals surface area contributed by atoms with Crippen molar-refractivity contribution < 1.29 is 42.0 Å². The molecule has 17 nitrogen and oxygen atoms in total. The number of ether oxygens (including phenoxy) is 5. The van der Waals surface area contributed by atoms with Gasteiger partial charge in [0, 0.05) is 104 Å². The molecule has 1 amide bonds. The fraction of sp³-hybridized carbons (Fsp3) is 0.368.